The van der Waals surface area contributed by atoms with Crippen molar-refractivity contribution in [3.63, 3.8) is 0 Å². The van der Waals surface area contributed by atoms with Crippen LogP contribution in [0.2, 0.25) is 0 Å². The van der Waals surface area contributed by atoms with Gasteiger partial charge in [-0.3, -0.25) is 9.59 Å². The van der Waals surface area contributed by atoms with E-state index in [9.17, 15) is 14.7 Å². The van der Waals surface area contributed by atoms with Gasteiger partial charge in [0.2, 0.25) is 0 Å². The van der Waals surface area contributed by atoms with E-state index in [-0.39, 0.29) is 12.5 Å². The van der Waals surface area contributed by atoms with Gasteiger partial charge >= 0.3 is 5.97 Å². The number of fused-ring (bicyclic) bond motifs is 1. The fraction of sp³-hybridized carbons (Fsp3) is 0.375. The monoisotopic (exact) mass is 287 g/mol. The number of hydrogen-bond acceptors (Lipinski definition) is 3. The molecule has 1 aromatic rings. The van der Waals surface area contributed by atoms with E-state index in [0.29, 0.717) is 37.3 Å². The number of carbonyl (C=O) groups excluding carboxylic acids is 1. The van der Waals surface area contributed by atoms with Crippen LogP contribution < -0.4 is 0 Å². The van der Waals surface area contributed by atoms with Crippen LogP contribution in [0, 0.1) is 5.41 Å². The first-order valence-corrected chi connectivity index (χ1v) is 6.96. The van der Waals surface area contributed by atoms with Gasteiger partial charge in [0.05, 0.1) is 5.41 Å². The zero-order valence-corrected chi connectivity index (χ0v) is 11.7. The summed E-state index contributed by atoms with van der Waals surface area (Å²) in [7, 11) is 0. The standard InChI is InChI=1S/C16H17NO4/c1-11-12-4-2-3-5-13(12)14(18)17(11)10-16(15(19)20)6-8-21-9-7-16/h2-5H,1,6-10H2,(H,19,20). The zero-order chi connectivity index (χ0) is 15.0. The summed E-state index contributed by atoms with van der Waals surface area (Å²) in [4.78, 5) is 25.7. The fourth-order valence-corrected chi connectivity index (χ4v) is 3.01. The van der Waals surface area contributed by atoms with E-state index in [1.807, 2.05) is 12.1 Å². The van der Waals surface area contributed by atoms with Gasteiger partial charge in [-0.1, -0.05) is 24.8 Å². The largest absolute Gasteiger partial charge is 0.481 e. The summed E-state index contributed by atoms with van der Waals surface area (Å²) in [6.45, 7) is 4.94. The third-order valence-electron chi connectivity index (χ3n) is 4.40. The Morgan fingerprint density at radius 1 is 1.29 bits per heavy atom. The highest BCUT2D eigenvalue weighted by molar-refractivity contribution is 6.09. The zero-order valence-electron chi connectivity index (χ0n) is 11.7. The van der Waals surface area contributed by atoms with Gasteiger partial charge < -0.3 is 14.7 Å². The van der Waals surface area contributed by atoms with Gasteiger partial charge in [0.1, 0.15) is 0 Å². The van der Waals surface area contributed by atoms with E-state index in [4.69, 9.17) is 4.74 Å². The first kappa shape index (κ1) is 13.8. The van der Waals surface area contributed by atoms with Gasteiger partial charge in [0.25, 0.3) is 5.91 Å². The molecule has 0 radical (unpaired) electrons. The summed E-state index contributed by atoms with van der Waals surface area (Å²) >= 11 is 0. The van der Waals surface area contributed by atoms with Crippen LogP contribution in [0.1, 0.15) is 28.8 Å². The van der Waals surface area contributed by atoms with Gasteiger partial charge in [0.15, 0.2) is 0 Å². The second-order valence-electron chi connectivity index (χ2n) is 5.58. The first-order chi connectivity index (χ1) is 10.1. The average Bonchev–Trinajstić information content (AvgIpc) is 2.74. The van der Waals surface area contributed by atoms with Crippen LogP contribution in [-0.4, -0.2) is 41.6 Å². The van der Waals surface area contributed by atoms with Crippen LogP contribution >= 0.6 is 0 Å². The Hall–Kier alpha value is -2.14. The molecule has 5 heteroatoms. The molecule has 0 atom stereocenters. The molecule has 1 amide bonds. The number of hydrogen-bond donors (Lipinski definition) is 1. The van der Waals surface area contributed by atoms with E-state index in [1.54, 1.807) is 12.1 Å². The maximum Gasteiger partial charge on any atom is 0.311 e. The highest BCUT2D eigenvalue weighted by Gasteiger charge is 2.45. The van der Waals surface area contributed by atoms with Crippen LogP contribution in [-0.2, 0) is 9.53 Å². The lowest BCUT2D eigenvalue weighted by molar-refractivity contribution is -0.155. The Kier molecular flexibility index (Phi) is 3.29. The van der Waals surface area contributed by atoms with Crippen molar-refractivity contribution in [2.75, 3.05) is 19.8 Å². The Labute approximate surface area is 122 Å². The maximum absolute atomic E-state index is 12.5. The van der Waals surface area contributed by atoms with Crippen molar-refractivity contribution in [1.29, 1.82) is 0 Å². The van der Waals surface area contributed by atoms with Crippen molar-refractivity contribution in [3.8, 4) is 0 Å². The summed E-state index contributed by atoms with van der Waals surface area (Å²) in [6.07, 6.45) is 0.825. The Bertz CT molecular complexity index is 581. The summed E-state index contributed by atoms with van der Waals surface area (Å²) < 4.78 is 5.27. The van der Waals surface area contributed by atoms with Crippen molar-refractivity contribution in [2.24, 2.45) is 5.41 Å². The lowest BCUT2D eigenvalue weighted by Gasteiger charge is -2.36. The molecule has 0 unspecified atom stereocenters. The minimum absolute atomic E-state index is 0.151. The second-order valence-corrected chi connectivity index (χ2v) is 5.58. The third kappa shape index (κ3) is 2.14. The molecule has 0 bridgehead atoms. The molecule has 5 nitrogen and oxygen atoms in total. The number of nitrogens with zero attached hydrogens (tertiary/aromatic N) is 1. The molecule has 0 saturated carbocycles. The van der Waals surface area contributed by atoms with Gasteiger partial charge in [-0.2, -0.15) is 0 Å². The smallest absolute Gasteiger partial charge is 0.311 e. The highest BCUT2D eigenvalue weighted by atomic mass is 16.5. The fourth-order valence-electron chi connectivity index (χ4n) is 3.01. The van der Waals surface area contributed by atoms with E-state index in [0.717, 1.165) is 5.56 Å². The SMILES string of the molecule is C=C1c2ccccc2C(=O)N1CC1(C(=O)O)CCOCC1. The van der Waals surface area contributed by atoms with Crippen molar-refractivity contribution < 1.29 is 19.4 Å². The van der Waals surface area contributed by atoms with Gasteiger partial charge in [0, 0.05) is 36.6 Å². The normalized spacial score (nSPS) is 20.5. The van der Waals surface area contributed by atoms with E-state index >= 15 is 0 Å². The molecule has 0 aromatic heterocycles. The molecular formula is C16H17NO4. The number of carboxylic acids is 1. The molecule has 1 fully saturated rings. The van der Waals surface area contributed by atoms with Crippen LogP contribution in [0.3, 0.4) is 0 Å². The van der Waals surface area contributed by atoms with E-state index < -0.39 is 11.4 Å². The number of carbonyl (C=O) groups is 2. The number of rotatable bonds is 3. The molecule has 1 aromatic carbocycles. The number of carboxylic acid groups (broad SMARTS) is 1. The summed E-state index contributed by atoms with van der Waals surface area (Å²) in [5.41, 5.74) is 1.02. The van der Waals surface area contributed by atoms with Crippen LogP contribution in [0.5, 0.6) is 0 Å². The minimum Gasteiger partial charge on any atom is -0.481 e. The van der Waals surface area contributed by atoms with Gasteiger partial charge in [-0.05, 0) is 18.9 Å². The number of ether oxygens (including phenoxy) is 1. The second kappa shape index (κ2) is 5.00. The van der Waals surface area contributed by atoms with Crippen molar-refractivity contribution >= 4 is 17.6 Å². The van der Waals surface area contributed by atoms with Crippen LogP contribution in [0.15, 0.2) is 30.8 Å². The lowest BCUT2D eigenvalue weighted by Crippen LogP contribution is -2.46. The number of benzene rings is 1. The van der Waals surface area contributed by atoms with Crippen molar-refractivity contribution in [3.05, 3.63) is 42.0 Å². The molecule has 2 heterocycles. The minimum atomic E-state index is -0.946. The molecule has 2 aliphatic rings. The molecule has 3 rings (SSSR count). The predicted molar refractivity (Wildman–Crippen MR) is 76.6 cm³/mol. The molecule has 110 valence electrons. The van der Waals surface area contributed by atoms with Crippen LogP contribution in [0.25, 0.3) is 5.70 Å². The predicted octanol–water partition coefficient (Wildman–Crippen LogP) is 1.99. The van der Waals surface area contributed by atoms with E-state index in [2.05, 4.69) is 6.58 Å². The molecule has 1 saturated heterocycles. The quantitative estimate of drug-likeness (QED) is 0.923. The van der Waals surface area contributed by atoms with Crippen molar-refractivity contribution in [2.45, 2.75) is 12.8 Å². The molecule has 1 N–H and O–H groups in total. The third-order valence-corrected chi connectivity index (χ3v) is 4.40. The summed E-state index contributed by atoms with van der Waals surface area (Å²) in [6, 6.07) is 7.24. The summed E-state index contributed by atoms with van der Waals surface area (Å²) in [5.74, 6) is -1.04. The van der Waals surface area contributed by atoms with Crippen LogP contribution in [0.4, 0.5) is 0 Å². The van der Waals surface area contributed by atoms with Crippen molar-refractivity contribution in [1.82, 2.24) is 4.90 Å². The van der Waals surface area contributed by atoms with E-state index in [1.165, 1.54) is 4.90 Å². The molecule has 21 heavy (non-hydrogen) atoms. The molecular weight excluding hydrogens is 270 g/mol. The number of amides is 1. The molecule has 2 aliphatic heterocycles. The summed E-state index contributed by atoms with van der Waals surface area (Å²) in [5, 5.41) is 9.62. The molecule has 0 spiro atoms. The topological polar surface area (TPSA) is 66.8 Å². The van der Waals surface area contributed by atoms with Gasteiger partial charge in [-0.15, -0.1) is 0 Å². The highest BCUT2D eigenvalue weighted by Crippen LogP contribution is 2.38. The van der Waals surface area contributed by atoms with Gasteiger partial charge in [-0.25, -0.2) is 0 Å². The molecule has 0 aliphatic carbocycles. The number of aliphatic carboxylic acids is 1. The Morgan fingerprint density at radius 2 is 1.90 bits per heavy atom. The Balaban J connectivity index is 1.90. The average molecular weight is 287 g/mol. The Morgan fingerprint density at radius 3 is 2.48 bits per heavy atom. The lowest BCUT2D eigenvalue weighted by atomic mass is 9.79. The first-order valence-electron chi connectivity index (χ1n) is 6.96. The maximum atomic E-state index is 12.5.